The van der Waals surface area contributed by atoms with Crippen molar-refractivity contribution in [1.29, 1.82) is 5.26 Å². The molecule has 0 amide bonds. The highest BCUT2D eigenvalue weighted by Gasteiger charge is 2.43. The molecule has 1 aromatic carbocycles. The van der Waals surface area contributed by atoms with Crippen LogP contribution >= 0.6 is 0 Å². The minimum absolute atomic E-state index is 0.141. The molecule has 1 aromatic rings. The molecule has 22 heavy (non-hydrogen) atoms. The molecule has 3 rings (SSSR count). The van der Waals surface area contributed by atoms with Crippen LogP contribution in [-0.4, -0.2) is 17.2 Å². The Morgan fingerprint density at radius 3 is 2.41 bits per heavy atom. The van der Waals surface area contributed by atoms with Gasteiger partial charge in [0.2, 0.25) is 0 Å². The first-order valence-electron chi connectivity index (χ1n) is 7.42. The Morgan fingerprint density at radius 2 is 1.86 bits per heavy atom. The van der Waals surface area contributed by atoms with Crippen LogP contribution in [0.1, 0.15) is 48.8 Å². The molecule has 6 heteroatoms. The van der Waals surface area contributed by atoms with Gasteiger partial charge in [-0.3, -0.25) is 0 Å². The number of hydrogen-bond donors (Lipinski definition) is 2. The minimum Gasteiger partial charge on any atom is -0.385 e. The second kappa shape index (κ2) is 5.25. The molecule has 2 aliphatic heterocycles. The molecule has 3 nitrogen and oxygen atoms in total. The van der Waals surface area contributed by atoms with Crippen LogP contribution < -0.4 is 5.32 Å². The summed E-state index contributed by atoms with van der Waals surface area (Å²) in [6.45, 7) is 0. The van der Waals surface area contributed by atoms with Crippen LogP contribution in [0.3, 0.4) is 0 Å². The average molecular weight is 310 g/mol. The molecule has 0 radical (unpaired) electrons. The second-order valence-corrected chi connectivity index (χ2v) is 6.30. The number of aliphatic hydroxyl groups is 1. The van der Waals surface area contributed by atoms with Crippen molar-refractivity contribution in [2.45, 2.75) is 56.0 Å². The molecule has 118 valence electrons. The zero-order chi connectivity index (χ0) is 16.0. The van der Waals surface area contributed by atoms with Crippen molar-refractivity contribution >= 4 is 0 Å². The summed E-state index contributed by atoms with van der Waals surface area (Å²) >= 11 is 0. The van der Waals surface area contributed by atoms with Crippen LogP contribution in [0.4, 0.5) is 13.2 Å². The summed E-state index contributed by atoms with van der Waals surface area (Å²) < 4.78 is 39.3. The summed E-state index contributed by atoms with van der Waals surface area (Å²) in [5, 5.41) is 23.2. The monoisotopic (exact) mass is 310 g/mol. The molecule has 2 saturated heterocycles. The molecule has 2 atom stereocenters. The fourth-order valence-electron chi connectivity index (χ4n) is 3.73. The maximum atomic E-state index is 13.1. The Kier molecular flexibility index (Phi) is 3.66. The molecular weight excluding hydrogens is 293 g/mol. The number of rotatable bonds is 1. The maximum Gasteiger partial charge on any atom is 0.417 e. The first kappa shape index (κ1) is 15.3. The average Bonchev–Trinajstić information content (AvgIpc) is 2.45. The van der Waals surface area contributed by atoms with E-state index in [1.54, 1.807) is 6.07 Å². The standard InChI is InChI=1S/C16H17F3N2O/c17-16(18,19)14-6-11(5-4-10(14)9-20)15(22)7-12-2-1-3-13(8-15)21-12/h4-6,12-13,21-22H,1-3,7-8H2. The Bertz CT molecular complexity index is 609. The number of piperidine rings is 2. The van der Waals surface area contributed by atoms with E-state index in [-0.39, 0.29) is 17.6 Å². The zero-order valence-corrected chi connectivity index (χ0v) is 12.0. The summed E-state index contributed by atoms with van der Waals surface area (Å²) in [6.07, 6.45) is -0.832. The van der Waals surface area contributed by atoms with Crippen molar-refractivity contribution < 1.29 is 18.3 Å². The van der Waals surface area contributed by atoms with Gasteiger partial charge in [-0.05, 0) is 43.4 Å². The van der Waals surface area contributed by atoms with Crippen molar-refractivity contribution in [1.82, 2.24) is 5.32 Å². The Balaban J connectivity index is 1.99. The molecule has 2 fully saturated rings. The van der Waals surface area contributed by atoms with E-state index >= 15 is 0 Å². The van der Waals surface area contributed by atoms with Gasteiger partial charge in [0, 0.05) is 12.1 Å². The Morgan fingerprint density at radius 1 is 1.23 bits per heavy atom. The van der Waals surface area contributed by atoms with E-state index in [2.05, 4.69) is 5.32 Å². The van der Waals surface area contributed by atoms with Crippen molar-refractivity contribution in [2.24, 2.45) is 0 Å². The van der Waals surface area contributed by atoms with Crippen molar-refractivity contribution in [3.05, 3.63) is 34.9 Å². The van der Waals surface area contributed by atoms with Crippen LogP contribution in [0.2, 0.25) is 0 Å². The van der Waals surface area contributed by atoms with Crippen molar-refractivity contribution in [3.8, 4) is 6.07 Å². The van der Waals surface area contributed by atoms with Crippen LogP contribution in [0, 0.1) is 11.3 Å². The lowest BCUT2D eigenvalue weighted by atomic mass is 9.73. The maximum absolute atomic E-state index is 13.1. The summed E-state index contributed by atoms with van der Waals surface area (Å²) in [4.78, 5) is 0. The zero-order valence-electron chi connectivity index (χ0n) is 12.0. The van der Waals surface area contributed by atoms with Crippen LogP contribution in [-0.2, 0) is 11.8 Å². The molecule has 0 saturated carbocycles. The normalized spacial score (nSPS) is 31.6. The Labute approximate surface area is 126 Å². The third kappa shape index (κ3) is 2.71. The number of nitrogens with one attached hydrogen (secondary N) is 1. The second-order valence-electron chi connectivity index (χ2n) is 6.30. The molecule has 2 heterocycles. The highest BCUT2D eigenvalue weighted by Crippen LogP contribution is 2.42. The molecule has 0 aliphatic carbocycles. The molecular formula is C16H17F3N2O. The number of nitriles is 1. The third-order valence-electron chi connectivity index (χ3n) is 4.73. The molecule has 2 N–H and O–H groups in total. The highest BCUT2D eigenvalue weighted by atomic mass is 19.4. The summed E-state index contributed by atoms with van der Waals surface area (Å²) in [5.41, 5.74) is -2.37. The molecule has 0 aromatic heterocycles. The highest BCUT2D eigenvalue weighted by molar-refractivity contribution is 5.44. The fraction of sp³-hybridized carbons (Fsp3) is 0.562. The number of alkyl halides is 3. The van der Waals surface area contributed by atoms with Gasteiger partial charge in [0.1, 0.15) is 0 Å². The summed E-state index contributed by atoms with van der Waals surface area (Å²) in [6, 6.07) is 5.41. The predicted octanol–water partition coefficient (Wildman–Crippen LogP) is 3.07. The molecule has 0 spiro atoms. The summed E-state index contributed by atoms with van der Waals surface area (Å²) in [7, 11) is 0. The quantitative estimate of drug-likeness (QED) is 0.838. The van der Waals surface area contributed by atoms with Gasteiger partial charge in [-0.25, -0.2) is 0 Å². The molecule has 2 aliphatic rings. The van der Waals surface area contributed by atoms with E-state index in [1.807, 2.05) is 0 Å². The largest absolute Gasteiger partial charge is 0.417 e. The molecule has 2 unspecified atom stereocenters. The predicted molar refractivity (Wildman–Crippen MR) is 73.9 cm³/mol. The lowest BCUT2D eigenvalue weighted by Crippen LogP contribution is -2.54. The van der Waals surface area contributed by atoms with Crippen LogP contribution in [0.5, 0.6) is 0 Å². The van der Waals surface area contributed by atoms with Gasteiger partial charge >= 0.3 is 6.18 Å². The van der Waals surface area contributed by atoms with Crippen molar-refractivity contribution in [3.63, 3.8) is 0 Å². The van der Waals surface area contributed by atoms with Gasteiger partial charge < -0.3 is 10.4 Å². The van der Waals surface area contributed by atoms with E-state index in [4.69, 9.17) is 5.26 Å². The third-order valence-corrected chi connectivity index (χ3v) is 4.73. The number of benzene rings is 1. The Hall–Kier alpha value is -1.58. The van der Waals surface area contributed by atoms with E-state index in [9.17, 15) is 18.3 Å². The number of hydrogen-bond acceptors (Lipinski definition) is 3. The van der Waals surface area contributed by atoms with E-state index < -0.39 is 22.9 Å². The molecule has 2 bridgehead atoms. The van der Waals surface area contributed by atoms with Gasteiger partial charge in [-0.1, -0.05) is 12.5 Å². The summed E-state index contributed by atoms with van der Waals surface area (Å²) in [5.74, 6) is 0. The number of fused-ring (bicyclic) bond motifs is 2. The number of nitrogens with zero attached hydrogens (tertiary/aromatic N) is 1. The minimum atomic E-state index is -4.60. The van der Waals surface area contributed by atoms with Gasteiger partial charge in [0.15, 0.2) is 0 Å². The van der Waals surface area contributed by atoms with E-state index in [0.717, 1.165) is 31.4 Å². The SMILES string of the molecule is N#Cc1ccc(C2(O)CC3CCCC(C2)N3)cc1C(F)(F)F. The van der Waals surface area contributed by atoms with Crippen LogP contribution in [0.25, 0.3) is 0 Å². The van der Waals surface area contributed by atoms with Crippen molar-refractivity contribution in [2.75, 3.05) is 0 Å². The van der Waals surface area contributed by atoms with Crippen LogP contribution in [0.15, 0.2) is 18.2 Å². The van der Waals surface area contributed by atoms with Gasteiger partial charge in [-0.15, -0.1) is 0 Å². The first-order valence-corrected chi connectivity index (χ1v) is 7.42. The van der Waals surface area contributed by atoms with Gasteiger partial charge in [0.25, 0.3) is 0 Å². The smallest absolute Gasteiger partial charge is 0.385 e. The lowest BCUT2D eigenvalue weighted by molar-refractivity contribution is -0.138. The van der Waals surface area contributed by atoms with Gasteiger partial charge in [0.05, 0.1) is 22.8 Å². The first-order chi connectivity index (χ1) is 10.3. The van der Waals surface area contributed by atoms with E-state index in [0.29, 0.717) is 12.8 Å². The van der Waals surface area contributed by atoms with Gasteiger partial charge in [-0.2, -0.15) is 18.4 Å². The number of halogens is 3. The van der Waals surface area contributed by atoms with E-state index in [1.165, 1.54) is 6.07 Å². The fourth-order valence-corrected chi connectivity index (χ4v) is 3.73. The lowest BCUT2D eigenvalue weighted by Gasteiger charge is -2.45. The topological polar surface area (TPSA) is 56.0 Å².